The summed E-state index contributed by atoms with van der Waals surface area (Å²) in [4.78, 5) is 14.0. The first-order valence-electron chi connectivity index (χ1n) is 9.37. The van der Waals surface area contributed by atoms with E-state index in [1.54, 1.807) is 6.20 Å². The van der Waals surface area contributed by atoms with Crippen molar-refractivity contribution in [2.75, 3.05) is 5.73 Å². The van der Waals surface area contributed by atoms with Crippen molar-refractivity contribution in [3.8, 4) is 22.5 Å². The number of aromatic nitrogens is 4. The maximum absolute atomic E-state index is 6.20. The second kappa shape index (κ2) is 6.56. The van der Waals surface area contributed by atoms with E-state index in [0.717, 1.165) is 50.3 Å². The quantitative estimate of drug-likeness (QED) is 0.468. The van der Waals surface area contributed by atoms with E-state index in [9.17, 15) is 0 Å². The number of nitrogens with two attached hydrogens (primary N) is 1. The minimum Gasteiger partial charge on any atom is -0.382 e. The Morgan fingerprint density at radius 2 is 1.76 bits per heavy atom. The molecule has 0 aliphatic rings. The molecule has 0 saturated carbocycles. The van der Waals surface area contributed by atoms with Crippen LogP contribution >= 0.6 is 0 Å². The summed E-state index contributed by atoms with van der Waals surface area (Å²) in [6.07, 6.45) is 3.54. The van der Waals surface area contributed by atoms with Gasteiger partial charge < -0.3 is 5.73 Å². The molecule has 0 atom stereocenters. The molecule has 0 aliphatic heterocycles. The minimum absolute atomic E-state index is 0.439. The second-order valence-electron chi connectivity index (χ2n) is 7.07. The van der Waals surface area contributed by atoms with Crippen molar-refractivity contribution in [1.29, 1.82) is 0 Å². The normalized spacial score (nSPS) is 11.2. The maximum Gasteiger partial charge on any atom is 0.150 e. The summed E-state index contributed by atoms with van der Waals surface area (Å²) in [5, 5.41) is 1.07. The molecule has 5 heteroatoms. The summed E-state index contributed by atoms with van der Waals surface area (Å²) in [6.45, 7) is 5.98. The number of rotatable bonds is 3. The summed E-state index contributed by atoms with van der Waals surface area (Å²) < 4.78 is 1.94. The lowest BCUT2D eigenvalue weighted by Gasteiger charge is -2.06. The number of hydrogen-bond donors (Lipinski definition) is 1. The van der Waals surface area contributed by atoms with Gasteiger partial charge in [0.25, 0.3) is 0 Å². The Morgan fingerprint density at radius 1 is 0.966 bits per heavy atom. The molecule has 2 aromatic carbocycles. The monoisotopic (exact) mass is 377 g/mol. The lowest BCUT2D eigenvalue weighted by atomic mass is 10.1. The lowest BCUT2D eigenvalue weighted by Crippen LogP contribution is -1.97. The van der Waals surface area contributed by atoms with E-state index in [0.29, 0.717) is 5.82 Å². The van der Waals surface area contributed by atoms with E-state index in [1.807, 2.05) is 47.9 Å². The van der Waals surface area contributed by atoms with Gasteiger partial charge in [0.1, 0.15) is 22.9 Å². The van der Waals surface area contributed by atoms with Crippen molar-refractivity contribution in [1.82, 2.24) is 19.4 Å². The standard InChI is InChI=1S/C24H19N5/c1-15(2)24-28-21(22-23(25)26-12-13-29(22)24)18-9-8-17-10-11-19(27-20(17)14-18)16-6-4-3-5-7-16/h3-14H,1H2,2H3,(H2,25,26). The molecule has 5 rings (SSSR count). The number of benzene rings is 2. The molecule has 3 aromatic heterocycles. The molecule has 5 aromatic rings. The van der Waals surface area contributed by atoms with Crippen LogP contribution in [0.2, 0.25) is 0 Å². The van der Waals surface area contributed by atoms with Gasteiger partial charge >= 0.3 is 0 Å². The number of anilines is 1. The molecule has 3 heterocycles. The summed E-state index contributed by atoms with van der Waals surface area (Å²) >= 11 is 0. The highest BCUT2D eigenvalue weighted by Crippen LogP contribution is 2.32. The number of imidazole rings is 1. The highest BCUT2D eigenvalue weighted by molar-refractivity contribution is 5.92. The van der Waals surface area contributed by atoms with Crippen LogP contribution in [0.3, 0.4) is 0 Å². The largest absolute Gasteiger partial charge is 0.382 e. The van der Waals surface area contributed by atoms with Crippen LogP contribution < -0.4 is 5.73 Å². The molecule has 0 radical (unpaired) electrons. The summed E-state index contributed by atoms with van der Waals surface area (Å²) in [5.74, 6) is 1.21. The molecule has 140 valence electrons. The number of hydrogen-bond acceptors (Lipinski definition) is 4. The lowest BCUT2D eigenvalue weighted by molar-refractivity contribution is 1.08. The Bertz CT molecular complexity index is 1380. The van der Waals surface area contributed by atoms with Gasteiger partial charge in [-0.05, 0) is 24.6 Å². The number of fused-ring (bicyclic) bond motifs is 2. The zero-order valence-electron chi connectivity index (χ0n) is 16.0. The molecule has 0 spiro atoms. The van der Waals surface area contributed by atoms with Gasteiger partial charge in [-0.2, -0.15) is 0 Å². The van der Waals surface area contributed by atoms with E-state index < -0.39 is 0 Å². The predicted octanol–water partition coefficient (Wildman–Crippen LogP) is 5.23. The van der Waals surface area contributed by atoms with Gasteiger partial charge in [-0.25, -0.2) is 15.0 Å². The molecule has 0 amide bonds. The van der Waals surface area contributed by atoms with Gasteiger partial charge in [-0.3, -0.25) is 4.40 Å². The molecule has 0 unspecified atom stereocenters. The third-order valence-corrected chi connectivity index (χ3v) is 5.00. The van der Waals surface area contributed by atoms with Crippen LogP contribution in [-0.4, -0.2) is 19.4 Å². The van der Waals surface area contributed by atoms with Gasteiger partial charge in [0, 0.05) is 28.9 Å². The van der Waals surface area contributed by atoms with Crippen LogP contribution in [0.4, 0.5) is 5.82 Å². The van der Waals surface area contributed by atoms with Crippen LogP contribution in [0.15, 0.2) is 79.6 Å². The Hall–Kier alpha value is -3.99. The number of nitrogen functional groups attached to an aromatic ring is 1. The minimum atomic E-state index is 0.439. The van der Waals surface area contributed by atoms with Crippen LogP contribution in [0.5, 0.6) is 0 Å². The molecule has 0 aliphatic carbocycles. The number of nitrogens with zero attached hydrogens (tertiary/aromatic N) is 4. The van der Waals surface area contributed by atoms with Gasteiger partial charge in [0.05, 0.1) is 11.2 Å². The van der Waals surface area contributed by atoms with Gasteiger partial charge in [0.15, 0.2) is 0 Å². The molecule has 29 heavy (non-hydrogen) atoms. The fourth-order valence-corrected chi connectivity index (χ4v) is 3.60. The highest BCUT2D eigenvalue weighted by atomic mass is 15.1. The van der Waals surface area contributed by atoms with Crippen molar-refractivity contribution in [3.63, 3.8) is 0 Å². The van der Waals surface area contributed by atoms with Crippen molar-refractivity contribution in [2.24, 2.45) is 0 Å². The zero-order chi connectivity index (χ0) is 20.0. The Morgan fingerprint density at radius 3 is 2.55 bits per heavy atom. The molecular formula is C24H19N5. The van der Waals surface area contributed by atoms with E-state index in [-0.39, 0.29) is 0 Å². The molecule has 2 N–H and O–H groups in total. The molecule has 5 nitrogen and oxygen atoms in total. The topological polar surface area (TPSA) is 69.1 Å². The van der Waals surface area contributed by atoms with E-state index in [1.165, 1.54) is 0 Å². The van der Waals surface area contributed by atoms with Gasteiger partial charge in [-0.1, -0.05) is 55.1 Å². The Labute approximate surface area is 168 Å². The fraction of sp³-hybridized carbons (Fsp3) is 0.0417. The first-order valence-corrected chi connectivity index (χ1v) is 9.37. The molecule has 0 bridgehead atoms. The third-order valence-electron chi connectivity index (χ3n) is 5.00. The summed E-state index contributed by atoms with van der Waals surface area (Å²) in [7, 11) is 0. The Kier molecular flexibility index (Phi) is 3.88. The zero-order valence-corrected chi connectivity index (χ0v) is 16.0. The maximum atomic E-state index is 6.20. The number of pyridine rings is 1. The average Bonchev–Trinajstić information content (AvgIpc) is 3.15. The van der Waals surface area contributed by atoms with Crippen LogP contribution in [0.1, 0.15) is 12.7 Å². The highest BCUT2D eigenvalue weighted by Gasteiger charge is 2.16. The second-order valence-corrected chi connectivity index (χ2v) is 7.07. The van der Waals surface area contributed by atoms with Crippen molar-refractivity contribution in [3.05, 3.63) is 85.5 Å². The van der Waals surface area contributed by atoms with Crippen molar-refractivity contribution in [2.45, 2.75) is 6.92 Å². The smallest absolute Gasteiger partial charge is 0.150 e. The van der Waals surface area contributed by atoms with Gasteiger partial charge in [0.2, 0.25) is 0 Å². The fourth-order valence-electron chi connectivity index (χ4n) is 3.60. The van der Waals surface area contributed by atoms with E-state index in [2.05, 4.69) is 41.9 Å². The molecule has 0 fully saturated rings. The van der Waals surface area contributed by atoms with Crippen LogP contribution in [0, 0.1) is 0 Å². The SMILES string of the molecule is C=C(C)c1nc(-c2ccc3ccc(-c4ccccc4)nc3c2)c2c(N)nccn12. The van der Waals surface area contributed by atoms with Crippen molar-refractivity contribution < 1.29 is 0 Å². The summed E-state index contributed by atoms with van der Waals surface area (Å²) in [6, 6.07) is 20.5. The van der Waals surface area contributed by atoms with Crippen molar-refractivity contribution >= 4 is 27.8 Å². The first-order chi connectivity index (χ1) is 14.1. The first kappa shape index (κ1) is 17.1. The third kappa shape index (κ3) is 2.84. The van der Waals surface area contributed by atoms with E-state index >= 15 is 0 Å². The van der Waals surface area contributed by atoms with E-state index in [4.69, 9.17) is 15.7 Å². The number of allylic oxidation sites excluding steroid dienone is 1. The molecule has 0 saturated heterocycles. The average molecular weight is 377 g/mol. The Balaban J connectivity index is 1.73. The predicted molar refractivity (Wildman–Crippen MR) is 118 cm³/mol. The van der Waals surface area contributed by atoms with Gasteiger partial charge in [-0.15, -0.1) is 0 Å². The molecular weight excluding hydrogens is 358 g/mol. The van der Waals surface area contributed by atoms with Crippen LogP contribution in [0.25, 0.3) is 44.5 Å². The summed E-state index contributed by atoms with van der Waals surface area (Å²) in [5.41, 5.74) is 12.5. The van der Waals surface area contributed by atoms with Crippen LogP contribution in [-0.2, 0) is 0 Å².